The molecule has 0 amide bonds. The van der Waals surface area contributed by atoms with Gasteiger partial charge in [0.2, 0.25) is 0 Å². The molecule has 0 aromatic heterocycles. The summed E-state index contributed by atoms with van der Waals surface area (Å²) in [7, 11) is 1.81. The van der Waals surface area contributed by atoms with Gasteiger partial charge in [0.05, 0.1) is 12.1 Å². The molecule has 0 radical (unpaired) electrons. The number of nitrogens with zero attached hydrogens (tertiary/aromatic N) is 1. The lowest BCUT2D eigenvalue weighted by Crippen LogP contribution is -2.57. The second-order valence-electron chi connectivity index (χ2n) is 5.90. The topological polar surface area (TPSA) is 38.5 Å². The van der Waals surface area contributed by atoms with Gasteiger partial charge < -0.3 is 10.5 Å². The van der Waals surface area contributed by atoms with E-state index < -0.39 is 0 Å². The van der Waals surface area contributed by atoms with Crippen molar-refractivity contribution in [3.63, 3.8) is 0 Å². The van der Waals surface area contributed by atoms with Gasteiger partial charge in [-0.2, -0.15) is 0 Å². The average molecular weight is 240 g/mol. The number of methoxy groups -OCH3 is 1. The molecule has 3 nitrogen and oxygen atoms in total. The number of rotatable bonds is 7. The Balaban J connectivity index is 2.01. The second-order valence-corrected chi connectivity index (χ2v) is 5.90. The van der Waals surface area contributed by atoms with Crippen LogP contribution in [0.15, 0.2) is 0 Å². The minimum absolute atomic E-state index is 0.150. The normalized spacial score (nSPS) is 29.5. The monoisotopic (exact) mass is 240 g/mol. The van der Waals surface area contributed by atoms with E-state index in [1.807, 2.05) is 7.11 Å². The van der Waals surface area contributed by atoms with Crippen molar-refractivity contribution in [2.45, 2.75) is 44.6 Å². The zero-order valence-corrected chi connectivity index (χ0v) is 11.5. The predicted molar refractivity (Wildman–Crippen MR) is 71.0 cm³/mol. The van der Waals surface area contributed by atoms with Crippen molar-refractivity contribution in [3.8, 4) is 0 Å². The van der Waals surface area contributed by atoms with E-state index in [4.69, 9.17) is 10.5 Å². The summed E-state index contributed by atoms with van der Waals surface area (Å²) in [6.07, 6.45) is 6.72. The molecule has 0 bridgehead atoms. The van der Waals surface area contributed by atoms with Crippen molar-refractivity contribution in [3.05, 3.63) is 0 Å². The maximum Gasteiger partial charge on any atom is 0.0661 e. The molecule has 1 aliphatic heterocycles. The Kier molecular flexibility index (Phi) is 4.45. The molecule has 2 atom stereocenters. The smallest absolute Gasteiger partial charge is 0.0661 e. The van der Waals surface area contributed by atoms with Crippen molar-refractivity contribution in [2.75, 3.05) is 33.4 Å². The van der Waals surface area contributed by atoms with Crippen LogP contribution < -0.4 is 5.73 Å². The predicted octanol–water partition coefficient (Wildman–Crippen LogP) is 1.86. The van der Waals surface area contributed by atoms with E-state index in [0.29, 0.717) is 0 Å². The van der Waals surface area contributed by atoms with Crippen molar-refractivity contribution in [1.29, 1.82) is 0 Å². The lowest BCUT2D eigenvalue weighted by molar-refractivity contribution is 0.0111. The molecule has 2 fully saturated rings. The highest BCUT2D eigenvalue weighted by atomic mass is 16.5. The summed E-state index contributed by atoms with van der Waals surface area (Å²) >= 11 is 0. The molecule has 3 heteroatoms. The standard InChI is InChI=1S/C14H28N2O/c1-3-4-12-7-8-16(9-12)14(10-15,11-17-2)13-5-6-13/h12-13H,3-11,15H2,1-2H3. The Morgan fingerprint density at radius 3 is 2.65 bits per heavy atom. The number of likely N-dealkylation sites (tertiary alicyclic amines) is 1. The second kappa shape index (κ2) is 5.68. The first-order valence-corrected chi connectivity index (χ1v) is 7.21. The van der Waals surface area contributed by atoms with Gasteiger partial charge in [-0.25, -0.2) is 0 Å². The lowest BCUT2D eigenvalue weighted by Gasteiger charge is -2.41. The molecule has 0 aromatic rings. The van der Waals surface area contributed by atoms with Gasteiger partial charge in [-0.15, -0.1) is 0 Å². The van der Waals surface area contributed by atoms with Crippen LogP contribution in [0.3, 0.4) is 0 Å². The fraction of sp³-hybridized carbons (Fsp3) is 1.00. The first kappa shape index (κ1) is 13.3. The van der Waals surface area contributed by atoms with Crippen LogP contribution in [0.1, 0.15) is 39.0 Å². The third-order valence-electron chi connectivity index (χ3n) is 4.70. The van der Waals surface area contributed by atoms with Crippen LogP contribution in [0.5, 0.6) is 0 Å². The summed E-state index contributed by atoms with van der Waals surface area (Å²) in [4.78, 5) is 2.65. The van der Waals surface area contributed by atoms with Gasteiger partial charge in [0.25, 0.3) is 0 Å². The fourth-order valence-corrected chi connectivity index (χ4v) is 3.57. The molecular weight excluding hydrogens is 212 g/mol. The molecule has 1 saturated heterocycles. The third kappa shape index (κ3) is 2.67. The minimum atomic E-state index is 0.150. The summed E-state index contributed by atoms with van der Waals surface area (Å²) in [5.41, 5.74) is 6.26. The van der Waals surface area contributed by atoms with E-state index in [1.54, 1.807) is 0 Å². The summed E-state index contributed by atoms with van der Waals surface area (Å²) < 4.78 is 5.49. The fourth-order valence-electron chi connectivity index (χ4n) is 3.57. The molecule has 1 heterocycles. The van der Waals surface area contributed by atoms with Gasteiger partial charge in [-0.1, -0.05) is 13.3 Å². The van der Waals surface area contributed by atoms with Gasteiger partial charge in [0.15, 0.2) is 0 Å². The van der Waals surface area contributed by atoms with Crippen LogP contribution in [0.4, 0.5) is 0 Å². The van der Waals surface area contributed by atoms with Crippen LogP contribution in [0.25, 0.3) is 0 Å². The molecule has 1 aliphatic carbocycles. The zero-order chi connectivity index (χ0) is 12.3. The molecule has 0 aromatic carbocycles. The molecule has 2 aliphatic rings. The van der Waals surface area contributed by atoms with Gasteiger partial charge in [0.1, 0.15) is 0 Å². The molecule has 100 valence electrons. The van der Waals surface area contributed by atoms with Crippen LogP contribution in [-0.4, -0.2) is 43.8 Å². The first-order chi connectivity index (χ1) is 8.26. The molecule has 2 N–H and O–H groups in total. The lowest BCUT2D eigenvalue weighted by atomic mass is 9.92. The van der Waals surface area contributed by atoms with E-state index in [1.165, 1.54) is 45.2 Å². The Bertz CT molecular complexity index is 242. The first-order valence-electron chi connectivity index (χ1n) is 7.21. The number of hydrogen-bond donors (Lipinski definition) is 1. The average Bonchev–Trinajstić information content (AvgIpc) is 3.08. The van der Waals surface area contributed by atoms with E-state index in [-0.39, 0.29) is 5.54 Å². The zero-order valence-electron chi connectivity index (χ0n) is 11.5. The minimum Gasteiger partial charge on any atom is -0.383 e. The van der Waals surface area contributed by atoms with Gasteiger partial charge in [0, 0.05) is 20.2 Å². The Hall–Kier alpha value is -0.120. The van der Waals surface area contributed by atoms with Crippen LogP contribution in [0.2, 0.25) is 0 Å². The highest BCUT2D eigenvalue weighted by Gasteiger charge is 2.49. The number of hydrogen-bond acceptors (Lipinski definition) is 3. The van der Waals surface area contributed by atoms with E-state index >= 15 is 0 Å². The van der Waals surface area contributed by atoms with Crippen LogP contribution in [-0.2, 0) is 4.74 Å². The van der Waals surface area contributed by atoms with E-state index in [0.717, 1.165) is 25.0 Å². The van der Waals surface area contributed by atoms with Crippen molar-refractivity contribution < 1.29 is 4.74 Å². The van der Waals surface area contributed by atoms with E-state index in [2.05, 4.69) is 11.8 Å². The number of nitrogens with two attached hydrogens (primary N) is 1. The highest BCUT2D eigenvalue weighted by Crippen LogP contribution is 2.44. The Morgan fingerprint density at radius 1 is 1.35 bits per heavy atom. The molecular formula is C14H28N2O. The molecule has 0 spiro atoms. The van der Waals surface area contributed by atoms with Gasteiger partial charge in [-0.05, 0) is 44.1 Å². The summed E-state index contributed by atoms with van der Waals surface area (Å²) in [6.45, 7) is 6.32. The SMILES string of the molecule is CCCC1CCN(C(CN)(COC)C2CC2)C1. The van der Waals surface area contributed by atoms with Gasteiger partial charge >= 0.3 is 0 Å². The van der Waals surface area contributed by atoms with Crippen LogP contribution >= 0.6 is 0 Å². The maximum absolute atomic E-state index is 6.11. The van der Waals surface area contributed by atoms with Crippen molar-refractivity contribution >= 4 is 0 Å². The molecule has 2 rings (SSSR count). The van der Waals surface area contributed by atoms with E-state index in [9.17, 15) is 0 Å². The Morgan fingerprint density at radius 2 is 2.12 bits per heavy atom. The van der Waals surface area contributed by atoms with Gasteiger partial charge in [-0.3, -0.25) is 4.90 Å². The van der Waals surface area contributed by atoms with Crippen molar-refractivity contribution in [2.24, 2.45) is 17.6 Å². The van der Waals surface area contributed by atoms with Crippen molar-refractivity contribution in [1.82, 2.24) is 4.90 Å². The Labute approximate surface area is 106 Å². The summed E-state index contributed by atoms with van der Waals surface area (Å²) in [5, 5.41) is 0. The summed E-state index contributed by atoms with van der Waals surface area (Å²) in [6, 6.07) is 0. The molecule has 2 unspecified atom stereocenters. The summed E-state index contributed by atoms with van der Waals surface area (Å²) in [5.74, 6) is 1.68. The number of ether oxygens (including phenoxy) is 1. The largest absolute Gasteiger partial charge is 0.383 e. The molecule has 17 heavy (non-hydrogen) atoms. The quantitative estimate of drug-likeness (QED) is 0.738. The van der Waals surface area contributed by atoms with Crippen LogP contribution in [0, 0.1) is 11.8 Å². The third-order valence-corrected chi connectivity index (χ3v) is 4.70. The highest BCUT2D eigenvalue weighted by molar-refractivity contribution is 5.05. The maximum atomic E-state index is 6.11. The molecule has 1 saturated carbocycles.